The minimum atomic E-state index is 0.431. The van der Waals surface area contributed by atoms with Crippen LogP contribution in [0.4, 0.5) is 5.82 Å². The minimum absolute atomic E-state index is 0.431. The van der Waals surface area contributed by atoms with Crippen LogP contribution in [0.25, 0.3) is 11.5 Å². The Labute approximate surface area is 112 Å². The smallest absolute Gasteiger partial charge is 0.263 e. The second-order valence-corrected chi connectivity index (χ2v) is 4.36. The molecule has 7 heteroatoms. The number of hydrogen-bond donors (Lipinski definition) is 1. The van der Waals surface area contributed by atoms with E-state index < -0.39 is 0 Å². The van der Waals surface area contributed by atoms with Crippen LogP contribution < -0.4 is 5.73 Å². The van der Waals surface area contributed by atoms with E-state index in [-0.39, 0.29) is 0 Å². The summed E-state index contributed by atoms with van der Waals surface area (Å²) in [6, 6.07) is 0. The first kappa shape index (κ1) is 13.5. The third kappa shape index (κ3) is 2.93. The molecular weight excluding hydrogens is 244 g/mol. The highest BCUT2D eigenvalue weighted by atomic mass is 16.5. The van der Waals surface area contributed by atoms with Gasteiger partial charge < -0.3 is 15.2 Å². The van der Waals surface area contributed by atoms with Gasteiger partial charge in [0.15, 0.2) is 5.82 Å². The summed E-state index contributed by atoms with van der Waals surface area (Å²) in [5.74, 6) is 1.66. The highest BCUT2D eigenvalue weighted by molar-refractivity contribution is 5.66. The van der Waals surface area contributed by atoms with Crippen LogP contribution in [0.5, 0.6) is 0 Å². The van der Waals surface area contributed by atoms with Crippen molar-refractivity contribution < 1.29 is 4.52 Å². The van der Waals surface area contributed by atoms with Crippen LogP contribution in [0.3, 0.4) is 0 Å². The quantitative estimate of drug-likeness (QED) is 0.835. The van der Waals surface area contributed by atoms with Gasteiger partial charge in [0.05, 0.1) is 6.20 Å². The van der Waals surface area contributed by atoms with E-state index >= 15 is 0 Å². The first-order valence-corrected chi connectivity index (χ1v) is 6.48. The second-order valence-electron chi connectivity index (χ2n) is 4.36. The fourth-order valence-corrected chi connectivity index (χ4v) is 1.87. The Morgan fingerprint density at radius 1 is 1.37 bits per heavy atom. The van der Waals surface area contributed by atoms with Crippen molar-refractivity contribution in [2.75, 3.05) is 25.4 Å². The lowest BCUT2D eigenvalue weighted by molar-refractivity contribution is 0.303. The van der Waals surface area contributed by atoms with Crippen molar-refractivity contribution in [2.45, 2.75) is 20.3 Å². The highest BCUT2D eigenvalue weighted by Crippen LogP contribution is 2.22. The molecule has 2 rings (SSSR count). The number of rotatable bonds is 6. The van der Waals surface area contributed by atoms with Gasteiger partial charge in [0.25, 0.3) is 5.89 Å². The molecule has 7 nitrogen and oxygen atoms in total. The predicted octanol–water partition coefficient (Wildman–Crippen LogP) is 0.937. The molecule has 0 fully saturated rings. The molecule has 0 spiro atoms. The normalized spacial score (nSPS) is 11.4. The number of nitrogens with two attached hydrogens (primary N) is 1. The molecule has 2 aromatic rings. The fourth-order valence-electron chi connectivity index (χ4n) is 1.87. The zero-order valence-electron chi connectivity index (χ0n) is 11.6. The number of aryl methyl sites for hydroxylation is 1. The summed E-state index contributed by atoms with van der Waals surface area (Å²) >= 11 is 0. The monoisotopic (exact) mass is 264 g/mol. The van der Waals surface area contributed by atoms with Crippen molar-refractivity contribution in [1.82, 2.24) is 24.8 Å². The maximum atomic E-state index is 5.87. The number of anilines is 1. The van der Waals surface area contributed by atoms with Crippen LogP contribution in [0.2, 0.25) is 0 Å². The van der Waals surface area contributed by atoms with Gasteiger partial charge in [-0.1, -0.05) is 19.0 Å². The Balaban J connectivity index is 2.05. The van der Waals surface area contributed by atoms with Crippen LogP contribution in [0.1, 0.15) is 19.7 Å². The van der Waals surface area contributed by atoms with E-state index in [2.05, 4.69) is 34.0 Å². The molecule has 0 atom stereocenters. The highest BCUT2D eigenvalue weighted by Gasteiger charge is 2.15. The molecule has 0 saturated carbocycles. The minimum Gasteiger partial charge on any atom is -0.383 e. The van der Waals surface area contributed by atoms with Crippen LogP contribution in [0, 0.1) is 0 Å². The summed E-state index contributed by atoms with van der Waals surface area (Å²) in [6.45, 7) is 7.25. The van der Waals surface area contributed by atoms with Crippen LogP contribution in [-0.2, 0) is 13.5 Å². The molecule has 0 saturated heterocycles. The van der Waals surface area contributed by atoms with Gasteiger partial charge >= 0.3 is 0 Å². The molecule has 0 radical (unpaired) electrons. The molecule has 2 N–H and O–H groups in total. The van der Waals surface area contributed by atoms with E-state index in [0.29, 0.717) is 23.1 Å². The molecule has 0 bridgehead atoms. The molecule has 0 unspecified atom stereocenters. The van der Waals surface area contributed by atoms with Gasteiger partial charge in [-0.15, -0.1) is 0 Å². The zero-order valence-corrected chi connectivity index (χ0v) is 11.6. The van der Waals surface area contributed by atoms with Crippen molar-refractivity contribution in [3.05, 3.63) is 12.0 Å². The topological polar surface area (TPSA) is 86.0 Å². The third-order valence-corrected chi connectivity index (χ3v) is 3.23. The first-order valence-electron chi connectivity index (χ1n) is 6.48. The molecule has 0 aromatic carbocycles. The van der Waals surface area contributed by atoms with Gasteiger partial charge in [-0.3, -0.25) is 4.68 Å². The van der Waals surface area contributed by atoms with Crippen molar-refractivity contribution in [2.24, 2.45) is 7.05 Å². The summed E-state index contributed by atoms with van der Waals surface area (Å²) in [5, 5.41) is 8.04. The Kier molecular flexibility index (Phi) is 4.16. The maximum Gasteiger partial charge on any atom is 0.263 e. The van der Waals surface area contributed by atoms with Crippen LogP contribution >= 0.6 is 0 Å². The second kappa shape index (κ2) is 5.83. The number of nitrogen functional groups attached to an aromatic ring is 1. The van der Waals surface area contributed by atoms with Crippen LogP contribution in [0.15, 0.2) is 10.7 Å². The summed E-state index contributed by atoms with van der Waals surface area (Å²) in [4.78, 5) is 6.67. The Morgan fingerprint density at radius 2 is 2.11 bits per heavy atom. The maximum absolute atomic E-state index is 5.87. The van der Waals surface area contributed by atoms with E-state index in [1.165, 1.54) is 0 Å². The predicted molar refractivity (Wildman–Crippen MR) is 72.4 cm³/mol. The Bertz CT molecular complexity index is 528. The van der Waals surface area contributed by atoms with Crippen molar-refractivity contribution >= 4 is 5.82 Å². The molecule has 0 amide bonds. The number of nitrogens with zero attached hydrogens (tertiary/aromatic N) is 5. The van der Waals surface area contributed by atoms with E-state index in [1.54, 1.807) is 17.9 Å². The van der Waals surface area contributed by atoms with Crippen molar-refractivity contribution in [3.8, 4) is 11.5 Å². The van der Waals surface area contributed by atoms with Gasteiger partial charge in [-0.05, 0) is 13.1 Å². The van der Waals surface area contributed by atoms with E-state index in [0.717, 1.165) is 26.1 Å². The molecule has 0 aliphatic rings. The molecular formula is C12H20N6O. The van der Waals surface area contributed by atoms with Gasteiger partial charge in [-0.25, -0.2) is 0 Å². The van der Waals surface area contributed by atoms with Gasteiger partial charge in [0, 0.05) is 20.0 Å². The summed E-state index contributed by atoms with van der Waals surface area (Å²) in [7, 11) is 1.77. The average Bonchev–Trinajstić information content (AvgIpc) is 3.00. The number of hydrogen-bond acceptors (Lipinski definition) is 6. The Morgan fingerprint density at radius 3 is 2.68 bits per heavy atom. The fraction of sp³-hybridized carbons (Fsp3) is 0.583. The molecule has 104 valence electrons. The van der Waals surface area contributed by atoms with Crippen LogP contribution in [-0.4, -0.2) is 44.5 Å². The lowest BCUT2D eigenvalue weighted by Gasteiger charge is -2.16. The Hall–Kier alpha value is -1.89. The summed E-state index contributed by atoms with van der Waals surface area (Å²) in [6.07, 6.45) is 2.41. The molecule has 0 aliphatic heterocycles. The standard InChI is InChI=1S/C12H20N6O/c1-4-18(5-2)7-6-10-15-12(19-16-10)9-8-14-17(3)11(9)13/h8H,4-7,13H2,1-3H3. The van der Waals surface area contributed by atoms with Gasteiger partial charge in [0.2, 0.25) is 0 Å². The third-order valence-electron chi connectivity index (χ3n) is 3.23. The largest absolute Gasteiger partial charge is 0.383 e. The summed E-state index contributed by atoms with van der Waals surface area (Å²) < 4.78 is 6.81. The molecule has 19 heavy (non-hydrogen) atoms. The van der Waals surface area contributed by atoms with E-state index in [4.69, 9.17) is 10.3 Å². The van der Waals surface area contributed by atoms with Crippen molar-refractivity contribution in [1.29, 1.82) is 0 Å². The van der Waals surface area contributed by atoms with E-state index in [1.807, 2.05) is 0 Å². The number of likely N-dealkylation sites (N-methyl/N-ethyl adjacent to an activating group) is 1. The molecule has 2 heterocycles. The SMILES string of the molecule is CCN(CC)CCc1noc(-c2cnn(C)c2N)n1. The van der Waals surface area contributed by atoms with E-state index in [9.17, 15) is 0 Å². The molecule has 0 aliphatic carbocycles. The van der Waals surface area contributed by atoms with Crippen molar-refractivity contribution in [3.63, 3.8) is 0 Å². The molecule has 2 aromatic heterocycles. The average molecular weight is 264 g/mol. The first-order chi connectivity index (χ1) is 9.15. The van der Waals surface area contributed by atoms with Gasteiger partial charge in [-0.2, -0.15) is 10.1 Å². The summed E-state index contributed by atoms with van der Waals surface area (Å²) in [5.41, 5.74) is 6.56. The lowest BCUT2D eigenvalue weighted by atomic mass is 10.3. The van der Waals surface area contributed by atoms with Gasteiger partial charge in [0.1, 0.15) is 11.4 Å². The number of aromatic nitrogens is 4. The zero-order chi connectivity index (χ0) is 13.8. The lowest BCUT2D eigenvalue weighted by Crippen LogP contribution is -2.25.